The lowest BCUT2D eigenvalue weighted by molar-refractivity contribution is -0.123. The van der Waals surface area contributed by atoms with Crippen molar-refractivity contribution in [3.05, 3.63) is 64.7 Å². The second-order valence-electron chi connectivity index (χ2n) is 7.52. The third kappa shape index (κ3) is 3.83. The molecule has 0 N–H and O–H groups in total. The topological polar surface area (TPSA) is 43.9 Å². The Kier molecular flexibility index (Phi) is 5.49. The highest BCUT2D eigenvalue weighted by molar-refractivity contribution is 6.32. The van der Waals surface area contributed by atoms with Crippen LogP contribution in [0.15, 0.2) is 48.5 Å². The summed E-state index contributed by atoms with van der Waals surface area (Å²) in [4.78, 5) is 31.4. The Morgan fingerprint density at radius 3 is 2.39 bits per heavy atom. The molecule has 2 heterocycles. The first-order chi connectivity index (χ1) is 13.5. The molecule has 2 aliphatic rings. The van der Waals surface area contributed by atoms with Crippen LogP contribution in [0.1, 0.15) is 17.5 Å². The van der Waals surface area contributed by atoms with Crippen molar-refractivity contribution in [1.82, 2.24) is 9.80 Å². The average molecular weight is 398 g/mol. The van der Waals surface area contributed by atoms with Gasteiger partial charge in [-0.1, -0.05) is 48.0 Å². The van der Waals surface area contributed by atoms with Gasteiger partial charge in [-0.3, -0.25) is 19.4 Å². The molecule has 2 aromatic rings. The third-order valence-corrected chi connectivity index (χ3v) is 6.04. The Bertz CT molecular complexity index is 879. The van der Waals surface area contributed by atoms with E-state index in [1.807, 2.05) is 19.1 Å². The summed E-state index contributed by atoms with van der Waals surface area (Å²) in [5.74, 6) is -0.289. The molecular formula is C22H24ClN3O2. The number of anilines is 1. The Morgan fingerprint density at radius 1 is 1.00 bits per heavy atom. The van der Waals surface area contributed by atoms with E-state index in [-0.39, 0.29) is 24.3 Å². The molecule has 0 aliphatic carbocycles. The maximum atomic E-state index is 13.0. The molecule has 4 rings (SSSR count). The van der Waals surface area contributed by atoms with E-state index in [0.717, 1.165) is 38.3 Å². The predicted octanol–water partition coefficient (Wildman–Crippen LogP) is 3.10. The lowest BCUT2D eigenvalue weighted by Crippen LogP contribution is -2.52. The zero-order valence-corrected chi connectivity index (χ0v) is 16.7. The first-order valence-corrected chi connectivity index (χ1v) is 10.0. The monoisotopic (exact) mass is 397 g/mol. The molecule has 0 unspecified atom stereocenters. The molecule has 5 nitrogen and oxygen atoms in total. The standard InChI is InChI=1S/C22H24ClN3O2/c1-16-7-8-18(13-19(16)23)26-21(27)14-20(22(26)28)25-11-9-24(10-12-25)15-17-5-3-2-4-6-17/h2-8,13,20H,9-12,14-15H2,1H3/t20-/m1/s1. The van der Waals surface area contributed by atoms with Crippen molar-refractivity contribution in [2.45, 2.75) is 25.9 Å². The van der Waals surface area contributed by atoms with E-state index >= 15 is 0 Å². The van der Waals surface area contributed by atoms with Crippen LogP contribution in [0.5, 0.6) is 0 Å². The van der Waals surface area contributed by atoms with E-state index < -0.39 is 0 Å². The van der Waals surface area contributed by atoms with Crippen molar-refractivity contribution in [2.24, 2.45) is 0 Å². The molecule has 2 saturated heterocycles. The van der Waals surface area contributed by atoms with Crippen LogP contribution >= 0.6 is 11.6 Å². The minimum Gasteiger partial charge on any atom is -0.297 e. The number of nitrogens with zero attached hydrogens (tertiary/aromatic N) is 3. The molecule has 0 radical (unpaired) electrons. The van der Waals surface area contributed by atoms with Gasteiger partial charge in [-0.15, -0.1) is 0 Å². The summed E-state index contributed by atoms with van der Waals surface area (Å²) in [6.45, 7) is 6.18. The van der Waals surface area contributed by atoms with Crippen LogP contribution in [0.2, 0.25) is 5.02 Å². The van der Waals surface area contributed by atoms with Crippen LogP contribution in [0, 0.1) is 6.92 Å². The molecule has 2 amide bonds. The zero-order chi connectivity index (χ0) is 19.7. The first kappa shape index (κ1) is 19.1. The highest BCUT2D eigenvalue weighted by Gasteiger charge is 2.43. The van der Waals surface area contributed by atoms with E-state index in [1.54, 1.807) is 12.1 Å². The number of carbonyl (C=O) groups excluding carboxylic acids is 2. The molecule has 0 aromatic heterocycles. The second-order valence-corrected chi connectivity index (χ2v) is 7.93. The summed E-state index contributed by atoms with van der Waals surface area (Å²) in [6.07, 6.45) is 0.239. The SMILES string of the molecule is Cc1ccc(N2C(=O)C[C@@H](N3CCN(Cc4ccccc4)CC3)C2=O)cc1Cl. The van der Waals surface area contributed by atoms with Crippen LogP contribution < -0.4 is 4.90 Å². The van der Waals surface area contributed by atoms with Crippen molar-refractivity contribution in [3.63, 3.8) is 0 Å². The normalized spacial score (nSPS) is 21.5. The van der Waals surface area contributed by atoms with Gasteiger partial charge in [0, 0.05) is 37.7 Å². The fraction of sp³-hybridized carbons (Fsp3) is 0.364. The number of hydrogen-bond acceptors (Lipinski definition) is 4. The molecule has 0 spiro atoms. The molecular weight excluding hydrogens is 374 g/mol. The van der Waals surface area contributed by atoms with Gasteiger partial charge in [0.2, 0.25) is 5.91 Å². The highest BCUT2D eigenvalue weighted by Crippen LogP contribution is 2.29. The average Bonchev–Trinajstić information content (AvgIpc) is 3.00. The Labute approximate surface area is 170 Å². The van der Waals surface area contributed by atoms with Crippen LogP contribution in [-0.2, 0) is 16.1 Å². The van der Waals surface area contributed by atoms with Crippen molar-refractivity contribution in [1.29, 1.82) is 0 Å². The van der Waals surface area contributed by atoms with Gasteiger partial charge in [-0.2, -0.15) is 0 Å². The van der Waals surface area contributed by atoms with Gasteiger partial charge in [-0.05, 0) is 30.2 Å². The second kappa shape index (κ2) is 8.03. The summed E-state index contributed by atoms with van der Waals surface area (Å²) in [6, 6.07) is 15.4. The van der Waals surface area contributed by atoms with Crippen LogP contribution in [0.25, 0.3) is 0 Å². The maximum Gasteiger partial charge on any atom is 0.251 e. The number of benzene rings is 2. The highest BCUT2D eigenvalue weighted by atomic mass is 35.5. The number of carbonyl (C=O) groups is 2. The van der Waals surface area contributed by atoms with E-state index in [4.69, 9.17) is 11.6 Å². The summed E-state index contributed by atoms with van der Waals surface area (Å²) < 4.78 is 0. The minimum absolute atomic E-state index is 0.138. The number of piperazine rings is 1. The number of amides is 2. The lowest BCUT2D eigenvalue weighted by atomic mass is 10.1. The van der Waals surface area contributed by atoms with Crippen LogP contribution in [-0.4, -0.2) is 53.8 Å². The Hall–Kier alpha value is -2.21. The fourth-order valence-electron chi connectivity index (χ4n) is 3.97. The Morgan fingerprint density at radius 2 is 1.71 bits per heavy atom. The maximum absolute atomic E-state index is 13.0. The number of rotatable bonds is 4. The lowest BCUT2D eigenvalue weighted by Gasteiger charge is -2.37. The van der Waals surface area contributed by atoms with Gasteiger partial charge in [0.15, 0.2) is 0 Å². The molecule has 146 valence electrons. The molecule has 0 bridgehead atoms. The number of hydrogen-bond donors (Lipinski definition) is 0. The summed E-state index contributed by atoms with van der Waals surface area (Å²) in [5.41, 5.74) is 2.79. The van der Waals surface area contributed by atoms with Crippen molar-refractivity contribution in [3.8, 4) is 0 Å². The van der Waals surface area contributed by atoms with Crippen LogP contribution in [0.4, 0.5) is 5.69 Å². The van der Waals surface area contributed by atoms with E-state index in [9.17, 15) is 9.59 Å². The largest absolute Gasteiger partial charge is 0.297 e. The quantitative estimate of drug-likeness (QED) is 0.743. The van der Waals surface area contributed by atoms with Gasteiger partial charge < -0.3 is 0 Å². The fourth-order valence-corrected chi connectivity index (χ4v) is 4.14. The van der Waals surface area contributed by atoms with Crippen molar-refractivity contribution >= 4 is 29.1 Å². The van der Waals surface area contributed by atoms with Gasteiger partial charge >= 0.3 is 0 Å². The summed E-state index contributed by atoms with van der Waals surface area (Å²) in [5, 5.41) is 0.566. The van der Waals surface area contributed by atoms with E-state index in [1.165, 1.54) is 10.5 Å². The minimum atomic E-state index is -0.369. The van der Waals surface area contributed by atoms with Gasteiger partial charge in [0.25, 0.3) is 5.91 Å². The third-order valence-electron chi connectivity index (χ3n) is 5.63. The molecule has 2 fully saturated rings. The zero-order valence-electron chi connectivity index (χ0n) is 16.0. The summed E-state index contributed by atoms with van der Waals surface area (Å²) in [7, 11) is 0. The van der Waals surface area contributed by atoms with Gasteiger partial charge in [0.1, 0.15) is 0 Å². The molecule has 2 aliphatic heterocycles. The van der Waals surface area contributed by atoms with E-state index in [2.05, 4.69) is 34.1 Å². The van der Waals surface area contributed by atoms with E-state index in [0.29, 0.717) is 10.7 Å². The number of aryl methyl sites for hydroxylation is 1. The molecule has 1 atom stereocenters. The van der Waals surface area contributed by atoms with Crippen molar-refractivity contribution < 1.29 is 9.59 Å². The van der Waals surface area contributed by atoms with Crippen molar-refractivity contribution in [2.75, 3.05) is 31.1 Å². The number of halogens is 1. The first-order valence-electron chi connectivity index (χ1n) is 9.66. The molecule has 0 saturated carbocycles. The Balaban J connectivity index is 1.40. The smallest absolute Gasteiger partial charge is 0.251 e. The van der Waals surface area contributed by atoms with Gasteiger partial charge in [0.05, 0.1) is 18.2 Å². The predicted molar refractivity (Wildman–Crippen MR) is 110 cm³/mol. The molecule has 2 aromatic carbocycles. The molecule has 6 heteroatoms. The van der Waals surface area contributed by atoms with Crippen LogP contribution in [0.3, 0.4) is 0 Å². The molecule has 28 heavy (non-hydrogen) atoms. The van der Waals surface area contributed by atoms with Gasteiger partial charge in [-0.25, -0.2) is 4.90 Å². The number of imide groups is 1. The summed E-state index contributed by atoms with van der Waals surface area (Å²) >= 11 is 6.19.